The van der Waals surface area contributed by atoms with E-state index in [2.05, 4.69) is 150 Å². The van der Waals surface area contributed by atoms with Crippen molar-refractivity contribution in [1.82, 2.24) is 4.57 Å². The molecule has 0 bridgehead atoms. The van der Waals surface area contributed by atoms with Gasteiger partial charge in [-0.15, -0.1) is 0 Å². The van der Waals surface area contributed by atoms with Crippen LogP contribution in [0.15, 0.2) is 158 Å². The summed E-state index contributed by atoms with van der Waals surface area (Å²) >= 11 is 6.86. The van der Waals surface area contributed by atoms with Gasteiger partial charge in [0, 0.05) is 33.0 Å². The molecule has 6 aromatic rings. The molecule has 0 saturated carbocycles. The lowest BCUT2D eigenvalue weighted by atomic mass is 9.97. The van der Waals surface area contributed by atoms with Gasteiger partial charge in [-0.05, 0) is 120 Å². The van der Waals surface area contributed by atoms with Gasteiger partial charge in [-0.25, -0.2) is 0 Å². The Labute approximate surface area is 281 Å². The number of benzene rings is 5. The van der Waals surface area contributed by atoms with Crippen molar-refractivity contribution in [3.8, 4) is 22.3 Å². The zero-order chi connectivity index (χ0) is 32.3. The number of halogens is 1. The van der Waals surface area contributed by atoms with E-state index in [-0.39, 0.29) is 0 Å². The summed E-state index contributed by atoms with van der Waals surface area (Å²) in [6.45, 7) is 8.33. The van der Waals surface area contributed by atoms with Crippen LogP contribution < -0.4 is 4.90 Å². The summed E-state index contributed by atoms with van der Waals surface area (Å²) in [7, 11) is 0. The molecule has 0 spiro atoms. The van der Waals surface area contributed by atoms with E-state index in [1.807, 2.05) is 43.4 Å². The van der Waals surface area contributed by atoms with E-state index in [0.717, 1.165) is 67.2 Å². The maximum atomic E-state index is 6.86. The molecule has 0 fully saturated rings. The third-order valence-electron chi connectivity index (χ3n) is 8.49. The molecule has 0 unspecified atom stereocenters. The monoisotopic (exact) mass is 624 g/mol. The normalized spacial score (nSPS) is 12.2. The second kappa shape index (κ2) is 12.9. The van der Waals surface area contributed by atoms with Gasteiger partial charge < -0.3 is 9.47 Å². The fraction of sp³-hybridized carbons (Fsp3) is 0.0455. The number of hydrogen-bond acceptors (Lipinski definition) is 1. The molecule has 0 aliphatic heterocycles. The van der Waals surface area contributed by atoms with Crippen LogP contribution in [-0.4, -0.2) is 4.57 Å². The van der Waals surface area contributed by atoms with E-state index in [4.69, 9.17) is 11.6 Å². The van der Waals surface area contributed by atoms with Crippen LogP contribution in [0.5, 0.6) is 0 Å². The minimum atomic E-state index is 0.685. The summed E-state index contributed by atoms with van der Waals surface area (Å²) in [5, 5.41) is 1.81. The Bertz CT molecular complexity index is 2320. The zero-order valence-corrected chi connectivity index (χ0v) is 27.2. The van der Waals surface area contributed by atoms with Crippen molar-refractivity contribution in [3.05, 3.63) is 179 Å². The summed E-state index contributed by atoms with van der Waals surface area (Å²) in [6.07, 6.45) is 12.0. The van der Waals surface area contributed by atoms with Crippen molar-refractivity contribution >= 4 is 57.4 Å². The fourth-order valence-electron chi connectivity index (χ4n) is 6.35. The molecule has 0 radical (unpaired) electrons. The van der Waals surface area contributed by atoms with Gasteiger partial charge in [0.25, 0.3) is 0 Å². The summed E-state index contributed by atoms with van der Waals surface area (Å²) < 4.78 is 2.23. The van der Waals surface area contributed by atoms with Crippen LogP contribution in [-0.2, 0) is 0 Å². The number of aromatic nitrogens is 1. The van der Waals surface area contributed by atoms with Gasteiger partial charge in [-0.2, -0.15) is 0 Å². The number of aryl methyl sites for hydroxylation is 1. The second-order valence-electron chi connectivity index (χ2n) is 11.5. The van der Waals surface area contributed by atoms with Gasteiger partial charge in [0.15, 0.2) is 0 Å². The molecule has 1 heterocycles. The number of nitrogens with zero attached hydrogens (tertiary/aromatic N) is 2. The third-order valence-corrected chi connectivity index (χ3v) is 8.71. The lowest BCUT2D eigenvalue weighted by Gasteiger charge is -2.27. The molecular formula is C44H33ClN2. The predicted molar refractivity (Wildman–Crippen MR) is 202 cm³/mol. The van der Waals surface area contributed by atoms with Crippen LogP contribution in [0.25, 0.3) is 51.0 Å². The standard InChI is InChI=1S/C44H33ClN2/c1-4-15-43-40(5-2)41-25-24-33(30-44(41)47(43)38-20-10-7-11-21-38)35-26-34(27-36(45)28-35)32-17-14-22-39(29-32)46(37-18-8-6-9-19-37)42-23-13-12-16-31(42)3/h4-10,12-20,22-30H,2H2,1,3H3/b15-4-. The Morgan fingerprint density at radius 3 is 2.23 bits per heavy atom. The van der Waals surface area contributed by atoms with E-state index in [1.165, 1.54) is 5.56 Å². The lowest BCUT2D eigenvalue weighted by molar-refractivity contribution is 1.15. The molecule has 3 heteroatoms. The van der Waals surface area contributed by atoms with Crippen molar-refractivity contribution in [3.63, 3.8) is 0 Å². The largest absolute Gasteiger partial charge is 0.310 e. The van der Waals surface area contributed by atoms with Gasteiger partial charge in [-0.3, -0.25) is 0 Å². The lowest BCUT2D eigenvalue weighted by Crippen LogP contribution is -2.11. The maximum absolute atomic E-state index is 6.86. The minimum Gasteiger partial charge on any atom is -0.310 e. The first-order valence-electron chi connectivity index (χ1n) is 15.7. The number of anilines is 3. The van der Waals surface area contributed by atoms with E-state index in [0.29, 0.717) is 5.02 Å². The number of allylic oxidation sites excluding steroid dienone is 5. The van der Waals surface area contributed by atoms with Gasteiger partial charge in [0.1, 0.15) is 0 Å². The van der Waals surface area contributed by atoms with Crippen molar-refractivity contribution < 1.29 is 0 Å². The molecule has 7 rings (SSSR count). The van der Waals surface area contributed by atoms with Crippen molar-refractivity contribution in [2.75, 3.05) is 4.90 Å². The van der Waals surface area contributed by atoms with Crippen LogP contribution in [0.2, 0.25) is 5.02 Å². The van der Waals surface area contributed by atoms with Crippen molar-refractivity contribution in [2.45, 2.75) is 13.8 Å². The Balaban J connectivity index is 1.36. The molecule has 1 aliphatic carbocycles. The van der Waals surface area contributed by atoms with Gasteiger partial charge in [0.2, 0.25) is 0 Å². The molecule has 5 aromatic carbocycles. The van der Waals surface area contributed by atoms with E-state index in [1.54, 1.807) is 0 Å². The number of para-hydroxylation sites is 2. The molecule has 1 aromatic heterocycles. The average Bonchev–Trinajstić information content (AvgIpc) is 3.42. The SMILES string of the molecule is C=Cc1c(/C=C\C)n(C2=C=C=CC=C2)c2cc(-c3cc(Cl)cc(-c4cccc(N(c5ccccc5)c5ccccc5C)c4)c3)ccc12. The fourth-order valence-corrected chi connectivity index (χ4v) is 6.58. The molecule has 0 saturated heterocycles. The first-order chi connectivity index (χ1) is 23.1. The molecular weight excluding hydrogens is 592 g/mol. The summed E-state index contributed by atoms with van der Waals surface area (Å²) in [4.78, 5) is 2.31. The van der Waals surface area contributed by atoms with E-state index in [9.17, 15) is 0 Å². The molecule has 0 amide bonds. The quantitative estimate of drug-likeness (QED) is 0.153. The van der Waals surface area contributed by atoms with Gasteiger partial charge in [-0.1, -0.05) is 103 Å². The van der Waals surface area contributed by atoms with Crippen LogP contribution in [0, 0.1) is 6.92 Å². The highest BCUT2D eigenvalue weighted by Gasteiger charge is 2.18. The van der Waals surface area contributed by atoms with Crippen LogP contribution >= 0.6 is 11.6 Å². The molecule has 1 aliphatic rings. The predicted octanol–water partition coefficient (Wildman–Crippen LogP) is 12.8. The molecule has 2 nitrogen and oxygen atoms in total. The van der Waals surface area contributed by atoms with E-state index < -0.39 is 0 Å². The highest BCUT2D eigenvalue weighted by Crippen LogP contribution is 2.40. The smallest absolute Gasteiger partial charge is 0.0973 e. The Hall–Kier alpha value is -5.75. The van der Waals surface area contributed by atoms with Crippen molar-refractivity contribution in [1.29, 1.82) is 0 Å². The van der Waals surface area contributed by atoms with Crippen LogP contribution in [0.3, 0.4) is 0 Å². The van der Waals surface area contributed by atoms with Crippen molar-refractivity contribution in [2.24, 2.45) is 0 Å². The number of rotatable bonds is 8. The van der Waals surface area contributed by atoms with Gasteiger partial charge >= 0.3 is 0 Å². The van der Waals surface area contributed by atoms with Gasteiger partial charge in [0.05, 0.1) is 16.9 Å². The first kappa shape index (κ1) is 29.9. The number of hydrogen-bond donors (Lipinski definition) is 0. The highest BCUT2D eigenvalue weighted by molar-refractivity contribution is 6.31. The molecule has 226 valence electrons. The Morgan fingerprint density at radius 1 is 0.766 bits per heavy atom. The summed E-state index contributed by atoms with van der Waals surface area (Å²) in [5.41, 5.74) is 19.3. The van der Waals surface area contributed by atoms with E-state index >= 15 is 0 Å². The summed E-state index contributed by atoms with van der Waals surface area (Å²) in [6, 6.07) is 40.5. The number of fused-ring (bicyclic) bond motifs is 1. The highest BCUT2D eigenvalue weighted by atomic mass is 35.5. The minimum absolute atomic E-state index is 0.685. The topological polar surface area (TPSA) is 8.17 Å². The summed E-state index contributed by atoms with van der Waals surface area (Å²) in [5.74, 6) is 0. The first-order valence-corrected chi connectivity index (χ1v) is 16.1. The average molecular weight is 625 g/mol. The van der Waals surface area contributed by atoms with Crippen LogP contribution in [0.1, 0.15) is 23.7 Å². The molecule has 47 heavy (non-hydrogen) atoms. The molecule has 0 atom stereocenters. The Morgan fingerprint density at radius 2 is 1.51 bits per heavy atom. The maximum Gasteiger partial charge on any atom is 0.0973 e. The van der Waals surface area contributed by atoms with Crippen LogP contribution in [0.4, 0.5) is 17.1 Å². The second-order valence-corrected chi connectivity index (χ2v) is 11.9. The zero-order valence-electron chi connectivity index (χ0n) is 26.4. The molecule has 0 N–H and O–H groups in total. The third kappa shape index (κ3) is 5.74. The Kier molecular flexibility index (Phi) is 8.23.